The molecule has 94 valence electrons. The lowest BCUT2D eigenvalue weighted by atomic mass is 9.89. The van der Waals surface area contributed by atoms with Gasteiger partial charge in [0.1, 0.15) is 6.61 Å². The second-order valence-electron chi connectivity index (χ2n) is 4.42. The van der Waals surface area contributed by atoms with Crippen molar-refractivity contribution in [1.29, 1.82) is 0 Å². The van der Waals surface area contributed by atoms with Gasteiger partial charge < -0.3 is 10.1 Å². The van der Waals surface area contributed by atoms with Crippen LogP contribution in [0.5, 0.6) is 0 Å². The standard InChI is InChI=1S/C12H22ClNO2/c1-2-7-16-9-12(15)14-8-10-5-3-4-6-11(10)13/h10-11H,2-9H2,1H3,(H,14,15). The molecule has 0 aliphatic heterocycles. The van der Waals surface area contributed by atoms with Crippen molar-refractivity contribution in [3.63, 3.8) is 0 Å². The number of rotatable bonds is 6. The van der Waals surface area contributed by atoms with Gasteiger partial charge >= 0.3 is 0 Å². The van der Waals surface area contributed by atoms with Gasteiger partial charge in [0.25, 0.3) is 0 Å². The van der Waals surface area contributed by atoms with E-state index in [0.717, 1.165) is 19.3 Å². The zero-order valence-corrected chi connectivity index (χ0v) is 10.8. The van der Waals surface area contributed by atoms with Crippen LogP contribution in [0.25, 0.3) is 0 Å². The number of carbonyl (C=O) groups excluding carboxylic acids is 1. The molecule has 0 aromatic rings. The molecule has 2 unspecified atom stereocenters. The highest BCUT2D eigenvalue weighted by Crippen LogP contribution is 2.27. The molecule has 0 aromatic carbocycles. The van der Waals surface area contributed by atoms with Crippen molar-refractivity contribution in [2.45, 2.75) is 44.4 Å². The highest BCUT2D eigenvalue weighted by atomic mass is 35.5. The summed E-state index contributed by atoms with van der Waals surface area (Å²) in [5, 5.41) is 3.12. The van der Waals surface area contributed by atoms with Gasteiger partial charge in [0.15, 0.2) is 0 Å². The van der Waals surface area contributed by atoms with Gasteiger partial charge in [-0.1, -0.05) is 19.8 Å². The molecule has 0 spiro atoms. The molecule has 1 amide bonds. The van der Waals surface area contributed by atoms with Gasteiger partial charge in [-0.05, 0) is 25.2 Å². The van der Waals surface area contributed by atoms with Crippen LogP contribution in [0.3, 0.4) is 0 Å². The summed E-state index contributed by atoms with van der Waals surface area (Å²) < 4.78 is 5.17. The van der Waals surface area contributed by atoms with Crippen LogP contribution in [0.2, 0.25) is 0 Å². The Bertz CT molecular complexity index is 211. The first kappa shape index (κ1) is 13.8. The zero-order valence-electron chi connectivity index (χ0n) is 10.0. The van der Waals surface area contributed by atoms with Gasteiger partial charge in [-0.3, -0.25) is 4.79 Å². The van der Waals surface area contributed by atoms with Crippen LogP contribution in [0.4, 0.5) is 0 Å². The summed E-state index contributed by atoms with van der Waals surface area (Å²) in [5.41, 5.74) is 0. The average molecular weight is 248 g/mol. The van der Waals surface area contributed by atoms with Crippen LogP contribution < -0.4 is 5.32 Å². The number of hydrogen-bond acceptors (Lipinski definition) is 2. The number of ether oxygens (including phenoxy) is 1. The lowest BCUT2D eigenvalue weighted by Crippen LogP contribution is -2.36. The molecule has 3 nitrogen and oxygen atoms in total. The lowest BCUT2D eigenvalue weighted by molar-refractivity contribution is -0.125. The third-order valence-corrected chi connectivity index (χ3v) is 3.53. The van der Waals surface area contributed by atoms with Gasteiger partial charge in [-0.2, -0.15) is 0 Å². The Labute approximate surface area is 103 Å². The van der Waals surface area contributed by atoms with Gasteiger partial charge in [0.05, 0.1) is 0 Å². The van der Waals surface area contributed by atoms with Crippen molar-refractivity contribution in [3.05, 3.63) is 0 Å². The molecule has 2 atom stereocenters. The first-order valence-corrected chi connectivity index (χ1v) is 6.66. The van der Waals surface area contributed by atoms with Crippen LogP contribution in [0.15, 0.2) is 0 Å². The van der Waals surface area contributed by atoms with Gasteiger partial charge in [-0.15, -0.1) is 11.6 Å². The minimum absolute atomic E-state index is 0.0251. The van der Waals surface area contributed by atoms with E-state index in [-0.39, 0.29) is 17.9 Å². The molecule has 1 rings (SSSR count). The Hall–Kier alpha value is -0.280. The zero-order chi connectivity index (χ0) is 11.8. The summed E-state index contributed by atoms with van der Waals surface area (Å²) >= 11 is 6.21. The normalized spacial score (nSPS) is 25.4. The van der Waals surface area contributed by atoms with E-state index in [1.807, 2.05) is 6.92 Å². The maximum Gasteiger partial charge on any atom is 0.246 e. The summed E-state index contributed by atoms with van der Waals surface area (Å²) in [7, 11) is 0. The highest BCUT2D eigenvalue weighted by Gasteiger charge is 2.23. The second-order valence-corrected chi connectivity index (χ2v) is 4.98. The van der Waals surface area contributed by atoms with Gasteiger partial charge in [0, 0.05) is 18.5 Å². The monoisotopic (exact) mass is 247 g/mol. The lowest BCUT2D eigenvalue weighted by Gasteiger charge is -2.27. The third-order valence-electron chi connectivity index (χ3n) is 2.96. The van der Waals surface area contributed by atoms with Crippen LogP contribution in [0, 0.1) is 5.92 Å². The molecule has 0 bridgehead atoms. The Morgan fingerprint density at radius 1 is 1.44 bits per heavy atom. The Morgan fingerprint density at radius 3 is 2.88 bits per heavy atom. The molecule has 0 aromatic heterocycles. The van der Waals surface area contributed by atoms with E-state index in [1.54, 1.807) is 0 Å². The Balaban J connectivity index is 2.10. The molecule has 1 saturated carbocycles. The molecular weight excluding hydrogens is 226 g/mol. The smallest absolute Gasteiger partial charge is 0.246 e. The molecule has 4 heteroatoms. The Morgan fingerprint density at radius 2 is 2.19 bits per heavy atom. The summed E-state index contributed by atoms with van der Waals surface area (Å²) in [4.78, 5) is 11.4. The first-order chi connectivity index (χ1) is 7.74. The summed E-state index contributed by atoms with van der Waals surface area (Å²) in [6, 6.07) is 0. The van der Waals surface area contributed by atoms with E-state index in [0.29, 0.717) is 19.1 Å². The summed E-state index contributed by atoms with van der Waals surface area (Å²) in [6.45, 7) is 3.54. The predicted octanol–water partition coefficient (Wildman–Crippen LogP) is 2.33. The van der Waals surface area contributed by atoms with E-state index in [2.05, 4.69) is 5.32 Å². The quantitative estimate of drug-likeness (QED) is 0.578. The third kappa shape index (κ3) is 5.17. The van der Waals surface area contributed by atoms with Crippen LogP contribution in [-0.2, 0) is 9.53 Å². The van der Waals surface area contributed by atoms with Crippen molar-refractivity contribution in [1.82, 2.24) is 5.32 Å². The Kier molecular flexibility index (Phi) is 6.81. The SMILES string of the molecule is CCCOCC(=O)NCC1CCCCC1Cl. The van der Waals surface area contributed by atoms with Crippen LogP contribution >= 0.6 is 11.6 Å². The molecule has 0 saturated heterocycles. The van der Waals surface area contributed by atoms with E-state index in [1.165, 1.54) is 12.8 Å². The minimum Gasteiger partial charge on any atom is -0.372 e. The van der Waals surface area contributed by atoms with Crippen molar-refractivity contribution >= 4 is 17.5 Å². The number of hydrogen-bond donors (Lipinski definition) is 1. The fourth-order valence-corrected chi connectivity index (χ4v) is 2.37. The predicted molar refractivity (Wildman–Crippen MR) is 65.7 cm³/mol. The molecule has 1 aliphatic carbocycles. The van der Waals surface area contributed by atoms with E-state index in [9.17, 15) is 4.79 Å². The average Bonchev–Trinajstić information content (AvgIpc) is 2.28. The summed E-state index contributed by atoms with van der Waals surface area (Å²) in [5.74, 6) is 0.411. The fourth-order valence-electron chi connectivity index (χ4n) is 2.00. The number of halogens is 1. The molecule has 16 heavy (non-hydrogen) atoms. The van der Waals surface area contributed by atoms with Crippen molar-refractivity contribution in [3.8, 4) is 0 Å². The van der Waals surface area contributed by atoms with Gasteiger partial charge in [-0.25, -0.2) is 0 Å². The number of nitrogens with one attached hydrogen (secondary N) is 1. The fraction of sp³-hybridized carbons (Fsp3) is 0.917. The molecule has 1 aliphatic rings. The summed E-state index contributed by atoms with van der Waals surface area (Å²) in [6.07, 6.45) is 5.60. The van der Waals surface area contributed by atoms with Crippen molar-refractivity contribution in [2.75, 3.05) is 19.8 Å². The molecule has 1 N–H and O–H groups in total. The maximum absolute atomic E-state index is 11.4. The second kappa shape index (κ2) is 7.91. The highest BCUT2D eigenvalue weighted by molar-refractivity contribution is 6.20. The van der Waals surface area contributed by atoms with Gasteiger partial charge in [0.2, 0.25) is 5.91 Å². The number of amides is 1. The number of alkyl halides is 1. The largest absolute Gasteiger partial charge is 0.372 e. The minimum atomic E-state index is -0.0251. The van der Waals surface area contributed by atoms with Crippen LogP contribution in [0.1, 0.15) is 39.0 Å². The molecule has 0 heterocycles. The topological polar surface area (TPSA) is 38.3 Å². The van der Waals surface area contributed by atoms with Crippen LogP contribution in [-0.4, -0.2) is 31.0 Å². The maximum atomic E-state index is 11.4. The van der Waals surface area contributed by atoms with E-state index < -0.39 is 0 Å². The number of carbonyl (C=O) groups is 1. The molecule has 0 radical (unpaired) electrons. The molecular formula is C12H22ClNO2. The van der Waals surface area contributed by atoms with Crippen molar-refractivity contribution in [2.24, 2.45) is 5.92 Å². The van der Waals surface area contributed by atoms with Crippen molar-refractivity contribution < 1.29 is 9.53 Å². The van der Waals surface area contributed by atoms with E-state index in [4.69, 9.17) is 16.3 Å². The van der Waals surface area contributed by atoms with E-state index >= 15 is 0 Å². The molecule has 1 fully saturated rings. The first-order valence-electron chi connectivity index (χ1n) is 6.22.